The van der Waals surface area contributed by atoms with Gasteiger partial charge in [0.1, 0.15) is 11.5 Å². The van der Waals surface area contributed by atoms with Crippen LogP contribution < -0.4 is 0 Å². The highest BCUT2D eigenvalue weighted by molar-refractivity contribution is 6.21. The Morgan fingerprint density at radius 2 is 0.907 bits per heavy atom. The first-order valence-corrected chi connectivity index (χ1v) is 18.8. The molecule has 2 heterocycles. The number of aromatic nitrogens is 2. The summed E-state index contributed by atoms with van der Waals surface area (Å²) in [6.07, 6.45) is 0. The summed E-state index contributed by atoms with van der Waals surface area (Å²) in [6, 6.07) is 59.7. The van der Waals surface area contributed by atoms with Crippen LogP contribution in [0, 0.1) is 0 Å². The molecule has 0 spiro atoms. The molecule has 1 aromatic heterocycles. The van der Waals surface area contributed by atoms with Crippen LogP contribution >= 0.6 is 0 Å². The summed E-state index contributed by atoms with van der Waals surface area (Å²) in [5.74, 6) is 1.53. The van der Waals surface area contributed by atoms with Crippen molar-refractivity contribution in [3.8, 4) is 33.9 Å². The van der Waals surface area contributed by atoms with E-state index in [-0.39, 0.29) is 10.8 Å². The maximum absolute atomic E-state index is 5.97. The first-order valence-electron chi connectivity index (χ1n) is 18.8. The van der Waals surface area contributed by atoms with Gasteiger partial charge in [-0.3, -0.25) is 4.57 Å². The van der Waals surface area contributed by atoms with Crippen LogP contribution in [0.15, 0.2) is 180 Å². The molecule has 0 radical (unpaired) electrons. The molecule has 4 nitrogen and oxygen atoms in total. The van der Waals surface area contributed by atoms with Crippen LogP contribution in [0.25, 0.3) is 33.9 Å². The molecule has 266 valence electrons. The molecule has 0 amide bonds. The second kappa shape index (κ2) is 13.7. The summed E-state index contributed by atoms with van der Waals surface area (Å²) in [7, 11) is 0. The van der Waals surface area contributed by atoms with E-state index in [4.69, 9.17) is 15.0 Å². The van der Waals surface area contributed by atoms with Gasteiger partial charge in [0.15, 0.2) is 5.84 Å². The first-order chi connectivity index (χ1) is 26.1. The third kappa shape index (κ3) is 6.12. The number of benzene rings is 6. The van der Waals surface area contributed by atoms with Crippen molar-refractivity contribution in [1.82, 2.24) is 9.55 Å². The molecule has 4 heteroatoms. The van der Waals surface area contributed by atoms with Crippen molar-refractivity contribution in [3.63, 3.8) is 0 Å². The number of hydrogen-bond donors (Lipinski definition) is 0. The van der Waals surface area contributed by atoms with Crippen LogP contribution in [-0.2, 0) is 16.5 Å². The molecule has 1 aliphatic rings. The van der Waals surface area contributed by atoms with Gasteiger partial charge in [-0.1, -0.05) is 211 Å². The zero-order valence-corrected chi connectivity index (χ0v) is 32.0. The molecule has 1 atom stereocenters. The third-order valence-corrected chi connectivity index (χ3v) is 10.3. The van der Waals surface area contributed by atoms with E-state index in [2.05, 4.69) is 216 Å². The molecule has 1 unspecified atom stereocenters. The van der Waals surface area contributed by atoms with Gasteiger partial charge in [0.2, 0.25) is 5.66 Å². The fourth-order valence-electron chi connectivity index (χ4n) is 7.79. The van der Waals surface area contributed by atoms with Crippen molar-refractivity contribution < 1.29 is 0 Å². The summed E-state index contributed by atoms with van der Waals surface area (Å²) in [5, 5.41) is 0. The fraction of sp³-hybridized carbons (Fsp3) is 0.180. The normalized spacial score (nSPS) is 15.9. The smallest absolute Gasteiger partial charge is 0.209 e. The second-order valence-electron chi connectivity index (χ2n) is 16.1. The zero-order valence-electron chi connectivity index (χ0n) is 32.0. The molecule has 8 rings (SSSR count). The van der Waals surface area contributed by atoms with E-state index in [9.17, 15) is 0 Å². The standard InChI is InChI=1S/C50H46N4/c1-48(2,3)41-33-21-19-31-39(41)46-52-45(37-27-15-9-16-28-37)50(53-46,38-29-17-10-18-30-38)54-44(36-25-13-8-14-26-36)43(35-23-11-7-12-24-35)51-47(54)40-32-20-22-34-42(40)49(4,5)6/h7-34H,1-6H3. The van der Waals surface area contributed by atoms with Crippen LogP contribution in [0.1, 0.15) is 69.4 Å². The van der Waals surface area contributed by atoms with Gasteiger partial charge in [0.05, 0.1) is 11.4 Å². The summed E-state index contributed by atoms with van der Waals surface area (Å²) in [4.78, 5) is 17.4. The first kappa shape index (κ1) is 34.9. The lowest BCUT2D eigenvalue weighted by Gasteiger charge is -2.35. The predicted molar refractivity (Wildman–Crippen MR) is 225 cm³/mol. The summed E-state index contributed by atoms with van der Waals surface area (Å²) >= 11 is 0. The van der Waals surface area contributed by atoms with Crippen LogP contribution in [0.4, 0.5) is 0 Å². The van der Waals surface area contributed by atoms with Gasteiger partial charge in [-0.05, 0) is 22.0 Å². The van der Waals surface area contributed by atoms with Gasteiger partial charge >= 0.3 is 0 Å². The summed E-state index contributed by atoms with van der Waals surface area (Å²) in [5.41, 5.74) is 9.81. The van der Waals surface area contributed by atoms with E-state index in [1.165, 1.54) is 11.1 Å². The molecule has 6 aromatic carbocycles. The summed E-state index contributed by atoms with van der Waals surface area (Å²) in [6.45, 7) is 13.6. The van der Waals surface area contributed by atoms with E-state index < -0.39 is 5.66 Å². The van der Waals surface area contributed by atoms with Gasteiger partial charge in [0.25, 0.3) is 0 Å². The number of imidazole rings is 1. The average Bonchev–Trinajstić information content (AvgIpc) is 3.80. The SMILES string of the molecule is CC(C)(C)c1ccccc1C1=NC(c2ccccc2)(n2c(-c3ccccc3C(C)(C)C)nc(-c3ccccc3)c2-c2ccccc2)C(c2ccccc2)=N1. The van der Waals surface area contributed by atoms with Crippen LogP contribution in [0.2, 0.25) is 0 Å². The molecular weight excluding hydrogens is 657 g/mol. The Balaban J connectivity index is 1.61. The highest BCUT2D eigenvalue weighted by Crippen LogP contribution is 2.48. The molecular formula is C50H46N4. The molecule has 0 fully saturated rings. The maximum atomic E-state index is 5.97. The molecule has 54 heavy (non-hydrogen) atoms. The van der Waals surface area contributed by atoms with Crippen molar-refractivity contribution in [2.45, 2.75) is 58.0 Å². The quantitative estimate of drug-likeness (QED) is 0.163. The zero-order chi connectivity index (χ0) is 37.5. The van der Waals surface area contributed by atoms with Crippen molar-refractivity contribution in [3.05, 3.63) is 198 Å². The largest absolute Gasteiger partial charge is 0.288 e. The van der Waals surface area contributed by atoms with E-state index >= 15 is 0 Å². The van der Waals surface area contributed by atoms with Gasteiger partial charge in [-0.15, -0.1) is 0 Å². The Bertz CT molecular complexity index is 2480. The molecule has 0 aliphatic carbocycles. The third-order valence-electron chi connectivity index (χ3n) is 10.3. The van der Waals surface area contributed by atoms with Crippen molar-refractivity contribution in [2.75, 3.05) is 0 Å². The lowest BCUT2D eigenvalue weighted by atomic mass is 9.83. The fourth-order valence-corrected chi connectivity index (χ4v) is 7.79. The monoisotopic (exact) mass is 702 g/mol. The minimum atomic E-state index is -1.16. The lowest BCUT2D eigenvalue weighted by Crippen LogP contribution is -2.41. The van der Waals surface area contributed by atoms with Crippen molar-refractivity contribution >= 4 is 11.5 Å². The number of hydrogen-bond acceptors (Lipinski definition) is 3. The summed E-state index contributed by atoms with van der Waals surface area (Å²) < 4.78 is 2.41. The number of aliphatic imine (C=N–C) groups is 2. The van der Waals surface area contributed by atoms with Crippen LogP contribution in [0.5, 0.6) is 0 Å². The molecule has 0 saturated carbocycles. The molecule has 0 N–H and O–H groups in total. The van der Waals surface area contributed by atoms with Crippen LogP contribution in [-0.4, -0.2) is 21.1 Å². The van der Waals surface area contributed by atoms with Crippen molar-refractivity contribution in [1.29, 1.82) is 0 Å². The lowest BCUT2D eigenvalue weighted by molar-refractivity contribution is 0.524. The van der Waals surface area contributed by atoms with E-state index in [1.54, 1.807) is 0 Å². The van der Waals surface area contributed by atoms with Gasteiger partial charge in [-0.25, -0.2) is 15.0 Å². The molecule has 0 saturated heterocycles. The van der Waals surface area contributed by atoms with Gasteiger partial charge < -0.3 is 0 Å². The Hall–Kier alpha value is -6.13. The van der Waals surface area contributed by atoms with Crippen LogP contribution in [0.3, 0.4) is 0 Å². The molecule has 0 bridgehead atoms. The highest BCUT2D eigenvalue weighted by Gasteiger charge is 2.49. The minimum Gasteiger partial charge on any atom is -0.288 e. The van der Waals surface area contributed by atoms with Crippen molar-refractivity contribution in [2.24, 2.45) is 9.98 Å². The highest BCUT2D eigenvalue weighted by atomic mass is 15.3. The second-order valence-corrected chi connectivity index (χ2v) is 16.1. The van der Waals surface area contributed by atoms with E-state index in [0.717, 1.165) is 56.3 Å². The molecule has 7 aromatic rings. The number of amidine groups is 1. The predicted octanol–water partition coefficient (Wildman–Crippen LogP) is 12.1. The topological polar surface area (TPSA) is 42.5 Å². The Morgan fingerprint density at radius 1 is 0.463 bits per heavy atom. The number of nitrogens with zero attached hydrogens (tertiary/aromatic N) is 4. The van der Waals surface area contributed by atoms with E-state index in [0.29, 0.717) is 5.84 Å². The molecule has 1 aliphatic heterocycles. The van der Waals surface area contributed by atoms with Gasteiger partial charge in [0, 0.05) is 33.4 Å². The number of rotatable bonds is 7. The Morgan fingerprint density at radius 3 is 1.46 bits per heavy atom. The average molecular weight is 703 g/mol. The minimum absolute atomic E-state index is 0.138. The Labute approximate surface area is 319 Å². The van der Waals surface area contributed by atoms with Gasteiger partial charge in [-0.2, -0.15) is 0 Å². The maximum Gasteiger partial charge on any atom is 0.209 e. The van der Waals surface area contributed by atoms with E-state index in [1.807, 2.05) is 0 Å². The Kier molecular flexibility index (Phi) is 8.86.